The van der Waals surface area contributed by atoms with Gasteiger partial charge in [-0.1, -0.05) is 0 Å². The van der Waals surface area contributed by atoms with Crippen LogP contribution >= 0.6 is 0 Å². The summed E-state index contributed by atoms with van der Waals surface area (Å²) in [5.74, 6) is 1.88. The highest BCUT2D eigenvalue weighted by Crippen LogP contribution is 2.29. The number of halogens is 1. The Labute approximate surface area is 199 Å². The summed E-state index contributed by atoms with van der Waals surface area (Å²) in [7, 11) is 0. The molecule has 1 fully saturated rings. The molecule has 7 heteroatoms. The number of unbranched alkanes of at least 4 members (excludes halogenated alkanes) is 1. The van der Waals surface area contributed by atoms with Crippen LogP contribution < -0.4 is 4.90 Å². The molecule has 1 saturated heterocycles. The summed E-state index contributed by atoms with van der Waals surface area (Å²) in [4.78, 5) is 8.36. The first-order valence-corrected chi connectivity index (χ1v) is 12.4. The van der Waals surface area contributed by atoms with E-state index >= 15 is 0 Å². The minimum absolute atomic E-state index is 0.163. The van der Waals surface area contributed by atoms with Gasteiger partial charge in [-0.2, -0.15) is 0 Å². The van der Waals surface area contributed by atoms with Gasteiger partial charge in [0, 0.05) is 55.4 Å². The summed E-state index contributed by atoms with van der Waals surface area (Å²) >= 11 is 0. The third-order valence-corrected chi connectivity index (χ3v) is 7.45. The van der Waals surface area contributed by atoms with Crippen LogP contribution in [0.2, 0.25) is 0 Å². The van der Waals surface area contributed by atoms with Gasteiger partial charge in [0.05, 0.1) is 5.69 Å². The number of hydrogen-bond donors (Lipinski definition) is 1. The fourth-order valence-corrected chi connectivity index (χ4v) is 5.55. The molecule has 0 bridgehead atoms. The Morgan fingerprint density at radius 3 is 2.74 bits per heavy atom. The Morgan fingerprint density at radius 1 is 0.971 bits per heavy atom. The average molecular weight is 459 g/mol. The molecule has 34 heavy (non-hydrogen) atoms. The first-order valence-electron chi connectivity index (χ1n) is 12.4. The van der Waals surface area contributed by atoms with Crippen LogP contribution in [0, 0.1) is 12.7 Å². The van der Waals surface area contributed by atoms with E-state index in [9.17, 15) is 4.39 Å². The van der Waals surface area contributed by atoms with Crippen molar-refractivity contribution in [2.75, 3.05) is 37.6 Å². The van der Waals surface area contributed by atoms with Crippen LogP contribution in [0.3, 0.4) is 0 Å². The lowest BCUT2D eigenvalue weighted by Crippen LogP contribution is -2.46. The molecule has 2 aliphatic rings. The largest absolute Gasteiger partial charge is 0.369 e. The van der Waals surface area contributed by atoms with Gasteiger partial charge >= 0.3 is 0 Å². The number of nitrogens with zero attached hydrogens (tertiary/aromatic N) is 5. The Balaban J connectivity index is 1.01. The number of fused-ring (bicyclic) bond motifs is 4. The average Bonchev–Trinajstić information content (AvgIpc) is 3.45. The Morgan fingerprint density at radius 2 is 1.85 bits per heavy atom. The molecule has 0 aliphatic carbocycles. The molecule has 1 N–H and O–H groups in total. The molecule has 6 rings (SSSR count). The van der Waals surface area contributed by atoms with E-state index in [0.29, 0.717) is 0 Å². The Bertz CT molecular complexity index is 1310. The number of nitrogens with one attached hydrogen (secondary N) is 1. The molecule has 4 aromatic rings. The van der Waals surface area contributed by atoms with Gasteiger partial charge in [-0.25, -0.2) is 4.39 Å². The predicted molar refractivity (Wildman–Crippen MR) is 133 cm³/mol. The summed E-state index contributed by atoms with van der Waals surface area (Å²) < 4.78 is 15.8. The van der Waals surface area contributed by atoms with Crippen molar-refractivity contribution in [1.82, 2.24) is 24.6 Å². The van der Waals surface area contributed by atoms with E-state index in [1.54, 1.807) is 6.07 Å². The minimum Gasteiger partial charge on any atom is -0.369 e. The number of anilines is 1. The maximum atomic E-state index is 13.6. The van der Waals surface area contributed by atoms with Crippen molar-refractivity contribution in [3.05, 3.63) is 71.2 Å². The lowest BCUT2D eigenvalue weighted by molar-refractivity contribution is 0.253. The summed E-state index contributed by atoms with van der Waals surface area (Å²) in [6.07, 6.45) is 7.31. The van der Waals surface area contributed by atoms with Crippen LogP contribution in [-0.2, 0) is 19.3 Å². The molecule has 176 valence electrons. The zero-order valence-corrected chi connectivity index (χ0v) is 19.7. The molecule has 2 aliphatic heterocycles. The van der Waals surface area contributed by atoms with Crippen LogP contribution in [0.15, 0.2) is 42.6 Å². The molecule has 4 heterocycles. The van der Waals surface area contributed by atoms with E-state index in [1.807, 2.05) is 19.2 Å². The van der Waals surface area contributed by atoms with Gasteiger partial charge in [0.25, 0.3) is 0 Å². The van der Waals surface area contributed by atoms with Gasteiger partial charge in [-0.05, 0) is 86.7 Å². The molecule has 0 unspecified atom stereocenters. The Kier molecular flexibility index (Phi) is 5.57. The lowest BCUT2D eigenvalue weighted by atomic mass is 10.0. The second-order valence-corrected chi connectivity index (χ2v) is 9.60. The lowest BCUT2D eigenvalue weighted by Gasteiger charge is -2.36. The molecule has 0 spiro atoms. The number of hydrogen-bond acceptors (Lipinski definition) is 4. The molecular weight excluding hydrogens is 427 g/mol. The van der Waals surface area contributed by atoms with Crippen molar-refractivity contribution in [1.29, 1.82) is 0 Å². The highest BCUT2D eigenvalue weighted by Gasteiger charge is 2.22. The summed E-state index contributed by atoms with van der Waals surface area (Å²) in [5, 5.41) is 9.60. The van der Waals surface area contributed by atoms with Crippen molar-refractivity contribution >= 4 is 16.6 Å². The van der Waals surface area contributed by atoms with E-state index in [2.05, 4.69) is 47.7 Å². The van der Waals surface area contributed by atoms with E-state index in [4.69, 9.17) is 0 Å². The van der Waals surface area contributed by atoms with E-state index in [0.717, 1.165) is 81.0 Å². The first-order chi connectivity index (χ1) is 16.7. The number of aromatic amines is 1. The number of benzene rings is 2. The SMILES string of the molecule is Cc1nnc2n1-c1ccc(N3CCN(CCCCc4c[nH]c5ccc(F)cc45)CC3)cc1CC2. The summed E-state index contributed by atoms with van der Waals surface area (Å²) in [5.41, 5.74) is 6.21. The fraction of sp³-hybridized carbons (Fsp3) is 0.407. The van der Waals surface area contributed by atoms with Crippen LogP contribution in [0.1, 0.15) is 35.6 Å². The molecule has 2 aromatic carbocycles. The van der Waals surface area contributed by atoms with Gasteiger partial charge in [0.15, 0.2) is 0 Å². The maximum Gasteiger partial charge on any atom is 0.137 e. The standard InChI is InChI=1S/C27H31FN6/c1-19-30-31-27-10-5-20-16-23(7-9-26(20)34(19)27)33-14-12-32(13-15-33)11-3-2-4-21-18-29-25-8-6-22(28)17-24(21)25/h6-9,16-18,29H,2-5,10-15H2,1H3. The second kappa shape index (κ2) is 8.87. The molecule has 0 amide bonds. The highest BCUT2D eigenvalue weighted by atomic mass is 19.1. The van der Waals surface area contributed by atoms with Crippen molar-refractivity contribution in [2.24, 2.45) is 0 Å². The number of piperazine rings is 1. The Hall–Kier alpha value is -3.19. The first kappa shape index (κ1) is 21.4. The third kappa shape index (κ3) is 3.98. The second-order valence-electron chi connectivity index (χ2n) is 9.60. The van der Waals surface area contributed by atoms with Crippen LogP contribution in [-0.4, -0.2) is 57.4 Å². The van der Waals surface area contributed by atoms with E-state index in [1.165, 1.54) is 35.0 Å². The predicted octanol–water partition coefficient (Wildman–Crippen LogP) is 4.44. The third-order valence-electron chi connectivity index (χ3n) is 7.45. The fourth-order valence-electron chi connectivity index (χ4n) is 5.55. The highest BCUT2D eigenvalue weighted by molar-refractivity contribution is 5.83. The van der Waals surface area contributed by atoms with Crippen molar-refractivity contribution in [2.45, 2.75) is 39.0 Å². The van der Waals surface area contributed by atoms with Gasteiger partial charge in [-0.3, -0.25) is 9.47 Å². The van der Waals surface area contributed by atoms with E-state index < -0.39 is 0 Å². The summed E-state index contributed by atoms with van der Waals surface area (Å²) in [6.45, 7) is 7.49. The quantitative estimate of drug-likeness (QED) is 0.434. The number of aryl methyl sites for hydroxylation is 4. The molecule has 0 atom stereocenters. The number of aromatic nitrogens is 4. The number of rotatable bonds is 6. The maximum absolute atomic E-state index is 13.6. The van der Waals surface area contributed by atoms with Crippen molar-refractivity contribution in [3.8, 4) is 5.69 Å². The van der Waals surface area contributed by atoms with Gasteiger partial charge < -0.3 is 9.88 Å². The molecule has 6 nitrogen and oxygen atoms in total. The molecule has 0 radical (unpaired) electrons. The van der Waals surface area contributed by atoms with Gasteiger partial charge in [0.1, 0.15) is 17.5 Å². The number of H-pyrrole nitrogens is 1. The van der Waals surface area contributed by atoms with Crippen molar-refractivity contribution in [3.63, 3.8) is 0 Å². The zero-order chi connectivity index (χ0) is 23.1. The topological polar surface area (TPSA) is 53.0 Å². The van der Waals surface area contributed by atoms with E-state index in [-0.39, 0.29) is 5.82 Å². The smallest absolute Gasteiger partial charge is 0.137 e. The van der Waals surface area contributed by atoms with Crippen LogP contribution in [0.5, 0.6) is 0 Å². The monoisotopic (exact) mass is 458 g/mol. The van der Waals surface area contributed by atoms with Crippen molar-refractivity contribution < 1.29 is 4.39 Å². The van der Waals surface area contributed by atoms with Crippen LogP contribution in [0.4, 0.5) is 10.1 Å². The van der Waals surface area contributed by atoms with Gasteiger partial charge in [0.2, 0.25) is 0 Å². The molecule has 0 saturated carbocycles. The zero-order valence-electron chi connectivity index (χ0n) is 19.7. The summed E-state index contributed by atoms with van der Waals surface area (Å²) in [6, 6.07) is 11.9. The van der Waals surface area contributed by atoms with Gasteiger partial charge in [-0.15, -0.1) is 10.2 Å². The van der Waals surface area contributed by atoms with Crippen LogP contribution in [0.25, 0.3) is 16.6 Å². The molecule has 2 aromatic heterocycles. The minimum atomic E-state index is -0.163. The normalized spacial score (nSPS) is 16.1. The molecular formula is C27H31FN6.